The topological polar surface area (TPSA) is 86.6 Å². The predicted octanol–water partition coefficient (Wildman–Crippen LogP) is 7.98. The molecule has 0 saturated heterocycles. The van der Waals surface area contributed by atoms with Crippen molar-refractivity contribution in [3.8, 4) is 0 Å². The molecule has 1 amide bonds. The number of benzene rings is 2. The first-order chi connectivity index (χ1) is 17.4. The van der Waals surface area contributed by atoms with Gasteiger partial charge in [0.1, 0.15) is 0 Å². The summed E-state index contributed by atoms with van der Waals surface area (Å²) in [4.78, 5) is 26.1. The van der Waals surface area contributed by atoms with Gasteiger partial charge in [-0.1, -0.05) is 89.1 Å². The van der Waals surface area contributed by atoms with Crippen molar-refractivity contribution < 1.29 is 19.8 Å². The molecule has 0 atom stereocenters. The lowest BCUT2D eigenvalue weighted by atomic mass is 9.99. The average Bonchev–Trinajstić information content (AvgIpc) is 2.85. The van der Waals surface area contributed by atoms with Crippen molar-refractivity contribution >= 4 is 40.9 Å². The number of nitrogens with one attached hydrogen (secondary N) is 1. The molecule has 3 N–H and O–H groups in total. The van der Waals surface area contributed by atoms with Gasteiger partial charge < -0.3 is 15.5 Å². The second-order valence-electron chi connectivity index (χ2n) is 9.06. The number of carbonyl (C=O) groups is 2. The summed E-state index contributed by atoms with van der Waals surface area (Å²) in [6.45, 7) is 4.78. The SMILES string of the molecule is CCCCCCCCCCc1cc(Sc2ccccc2C(=O)O)c(C(=O)NCCCC)c(C(O)=S)c1. The molecule has 2 aromatic rings. The minimum Gasteiger partial charge on any atom is -0.499 e. The number of hydrogen-bond donors (Lipinski definition) is 3. The van der Waals surface area contributed by atoms with E-state index >= 15 is 0 Å². The van der Waals surface area contributed by atoms with Crippen LogP contribution < -0.4 is 5.32 Å². The van der Waals surface area contributed by atoms with Crippen molar-refractivity contribution in [2.75, 3.05) is 6.54 Å². The highest BCUT2D eigenvalue weighted by Gasteiger charge is 2.22. The summed E-state index contributed by atoms with van der Waals surface area (Å²) in [6, 6.07) is 10.5. The minimum absolute atomic E-state index is 0.168. The van der Waals surface area contributed by atoms with Gasteiger partial charge in [-0.15, -0.1) is 0 Å². The predicted molar refractivity (Wildman–Crippen MR) is 152 cm³/mol. The lowest BCUT2D eigenvalue weighted by Crippen LogP contribution is -2.27. The first-order valence-corrected chi connectivity index (χ1v) is 14.3. The molecular formula is C29H39NO4S2. The van der Waals surface area contributed by atoms with Gasteiger partial charge in [-0.05, 0) is 61.3 Å². The first-order valence-electron chi connectivity index (χ1n) is 13.1. The monoisotopic (exact) mass is 529 g/mol. The van der Waals surface area contributed by atoms with Crippen LogP contribution in [0.3, 0.4) is 0 Å². The van der Waals surface area contributed by atoms with Gasteiger partial charge in [-0.25, -0.2) is 4.79 Å². The Hall–Kier alpha value is -2.38. The highest BCUT2D eigenvalue weighted by molar-refractivity contribution is 7.99. The van der Waals surface area contributed by atoms with E-state index in [2.05, 4.69) is 12.2 Å². The molecule has 0 saturated carbocycles. The number of hydrogen-bond acceptors (Lipinski definition) is 4. The Morgan fingerprint density at radius 2 is 1.47 bits per heavy atom. The Balaban J connectivity index is 2.31. The fraction of sp³-hybridized carbons (Fsp3) is 0.483. The zero-order chi connectivity index (χ0) is 26.3. The number of carboxylic acids is 1. The van der Waals surface area contributed by atoms with Crippen LogP contribution >= 0.6 is 24.0 Å². The second kappa shape index (κ2) is 16.4. The molecule has 0 unspecified atom stereocenters. The summed E-state index contributed by atoms with van der Waals surface area (Å²) in [7, 11) is 0. The normalized spacial score (nSPS) is 10.8. The third kappa shape index (κ3) is 9.58. The summed E-state index contributed by atoms with van der Waals surface area (Å²) in [5.74, 6) is -1.34. The highest BCUT2D eigenvalue weighted by atomic mass is 32.2. The molecule has 36 heavy (non-hydrogen) atoms. The van der Waals surface area contributed by atoms with E-state index in [4.69, 9.17) is 12.2 Å². The fourth-order valence-electron chi connectivity index (χ4n) is 4.08. The summed E-state index contributed by atoms with van der Waals surface area (Å²) in [6.07, 6.45) is 12.3. The van der Waals surface area contributed by atoms with Crippen molar-refractivity contribution in [1.29, 1.82) is 0 Å². The summed E-state index contributed by atoms with van der Waals surface area (Å²) in [5.41, 5.74) is 1.77. The molecule has 0 aliphatic carbocycles. The zero-order valence-corrected chi connectivity index (χ0v) is 23.1. The number of aliphatic hydroxyl groups is 1. The van der Waals surface area contributed by atoms with Gasteiger partial charge >= 0.3 is 5.97 Å². The van der Waals surface area contributed by atoms with Crippen LogP contribution in [0.1, 0.15) is 110 Å². The molecule has 5 nitrogen and oxygen atoms in total. The third-order valence-corrected chi connectivity index (χ3v) is 7.43. The molecule has 0 aliphatic rings. The number of aromatic carboxylic acids is 1. The molecule has 0 bridgehead atoms. The molecule has 0 radical (unpaired) electrons. The van der Waals surface area contributed by atoms with Crippen LogP contribution in [0.5, 0.6) is 0 Å². The van der Waals surface area contributed by atoms with E-state index < -0.39 is 5.97 Å². The summed E-state index contributed by atoms with van der Waals surface area (Å²) < 4.78 is 0. The molecule has 2 rings (SSSR count). The maximum atomic E-state index is 13.2. The Bertz CT molecular complexity index is 1020. The number of thiocarbonyl (C=S) groups is 1. The Morgan fingerprint density at radius 1 is 0.833 bits per heavy atom. The van der Waals surface area contributed by atoms with Crippen LogP contribution in [0.15, 0.2) is 46.2 Å². The maximum Gasteiger partial charge on any atom is 0.336 e. The van der Waals surface area contributed by atoms with Crippen molar-refractivity contribution in [3.63, 3.8) is 0 Å². The van der Waals surface area contributed by atoms with Gasteiger partial charge in [-0.3, -0.25) is 4.79 Å². The lowest BCUT2D eigenvalue weighted by Gasteiger charge is -2.17. The van der Waals surface area contributed by atoms with Crippen molar-refractivity contribution in [1.82, 2.24) is 5.32 Å². The van der Waals surface area contributed by atoms with E-state index in [9.17, 15) is 19.8 Å². The van der Waals surface area contributed by atoms with E-state index in [-0.39, 0.29) is 16.5 Å². The van der Waals surface area contributed by atoms with Gasteiger partial charge in [0.25, 0.3) is 5.91 Å². The molecule has 0 aliphatic heterocycles. The van der Waals surface area contributed by atoms with Crippen LogP contribution in [0.25, 0.3) is 0 Å². The number of aryl methyl sites for hydroxylation is 1. The van der Waals surface area contributed by atoms with Gasteiger partial charge in [0.2, 0.25) is 0 Å². The molecule has 0 aromatic heterocycles. The number of amides is 1. The van der Waals surface area contributed by atoms with Gasteiger partial charge in [0, 0.05) is 21.9 Å². The number of rotatable bonds is 17. The van der Waals surface area contributed by atoms with E-state index in [0.717, 1.165) is 37.7 Å². The molecular weight excluding hydrogens is 490 g/mol. The first kappa shape index (κ1) is 29.8. The second-order valence-corrected chi connectivity index (χ2v) is 10.5. The Labute approximate surface area is 225 Å². The van der Waals surface area contributed by atoms with Gasteiger partial charge in [0.05, 0.1) is 11.1 Å². The van der Waals surface area contributed by atoms with Crippen LogP contribution in [0, 0.1) is 0 Å². The van der Waals surface area contributed by atoms with Crippen molar-refractivity contribution in [2.24, 2.45) is 0 Å². The number of carboxylic acid groups (broad SMARTS) is 1. The van der Waals surface area contributed by atoms with Crippen LogP contribution in [-0.2, 0) is 6.42 Å². The Morgan fingerprint density at radius 3 is 2.11 bits per heavy atom. The van der Waals surface area contributed by atoms with Crippen LogP contribution in [-0.4, -0.2) is 33.7 Å². The van der Waals surface area contributed by atoms with Gasteiger partial charge in [-0.2, -0.15) is 0 Å². The molecule has 0 spiro atoms. The molecule has 7 heteroatoms. The number of aliphatic hydroxyl groups excluding tert-OH is 1. The molecule has 0 fully saturated rings. The largest absolute Gasteiger partial charge is 0.499 e. The summed E-state index contributed by atoms with van der Waals surface area (Å²) in [5, 5.41) is 22.6. The quantitative estimate of drug-likeness (QED) is 0.142. The molecule has 196 valence electrons. The smallest absolute Gasteiger partial charge is 0.336 e. The minimum atomic E-state index is -1.03. The Kier molecular flexibility index (Phi) is 13.6. The standard InChI is InChI=1S/C29H39NO4S2/c1-3-5-7-8-9-10-11-12-15-21-19-23(29(34)35)26(27(31)30-18-6-4-2)25(20-21)36-24-17-14-13-16-22(24)28(32)33/h13-14,16-17,19-20H,3-12,15,18H2,1-2H3,(H,30,31)(H,32,33)(H,34,35). The number of unbranched alkanes of at least 4 members (excludes halogenated alkanes) is 8. The number of carbonyl (C=O) groups excluding carboxylic acids is 1. The highest BCUT2D eigenvalue weighted by Crippen LogP contribution is 2.36. The van der Waals surface area contributed by atoms with Crippen LogP contribution in [0.2, 0.25) is 0 Å². The van der Waals surface area contributed by atoms with Gasteiger partial charge in [0.15, 0.2) is 5.05 Å². The van der Waals surface area contributed by atoms with Crippen molar-refractivity contribution in [3.05, 3.63) is 58.7 Å². The van der Waals surface area contributed by atoms with E-state index in [1.165, 1.54) is 50.3 Å². The molecule has 0 heterocycles. The maximum absolute atomic E-state index is 13.2. The average molecular weight is 530 g/mol. The van der Waals surface area contributed by atoms with Crippen LogP contribution in [0.4, 0.5) is 0 Å². The van der Waals surface area contributed by atoms with Crippen molar-refractivity contribution in [2.45, 2.75) is 94.3 Å². The van der Waals surface area contributed by atoms with E-state index in [1.807, 2.05) is 19.1 Å². The van der Waals surface area contributed by atoms with E-state index in [0.29, 0.717) is 27.5 Å². The summed E-state index contributed by atoms with van der Waals surface area (Å²) >= 11 is 6.36. The molecule has 2 aromatic carbocycles. The third-order valence-electron chi connectivity index (χ3n) is 6.09. The lowest BCUT2D eigenvalue weighted by molar-refractivity contribution is 0.0693. The zero-order valence-electron chi connectivity index (χ0n) is 21.5. The fourth-order valence-corrected chi connectivity index (χ4v) is 5.41. The van der Waals surface area contributed by atoms with E-state index in [1.54, 1.807) is 24.3 Å².